The largest absolute Gasteiger partial charge is 0.481 e. The number of hydrogen-bond donors (Lipinski definition) is 1. The molecule has 0 amide bonds. The van der Waals surface area contributed by atoms with Gasteiger partial charge < -0.3 is 9.67 Å². The Hall–Kier alpha value is -1.70. The Kier molecular flexibility index (Phi) is 3.94. The number of rotatable bonds is 4. The highest BCUT2D eigenvalue weighted by molar-refractivity contribution is 7.99. The van der Waals surface area contributed by atoms with Gasteiger partial charge in [0.25, 0.3) is 0 Å². The van der Waals surface area contributed by atoms with Crippen molar-refractivity contribution in [3.63, 3.8) is 0 Å². The average Bonchev–Trinajstić information content (AvgIpc) is 2.64. The molecule has 0 bridgehead atoms. The minimum atomic E-state index is -4.39. The van der Waals surface area contributed by atoms with Gasteiger partial charge in [0.1, 0.15) is 6.54 Å². The molecule has 2 rings (SSSR count). The summed E-state index contributed by atoms with van der Waals surface area (Å²) in [6.45, 7) is 0.513. The van der Waals surface area contributed by atoms with Crippen LogP contribution in [0.1, 0.15) is 5.56 Å². The number of carbonyl (C=O) groups is 1. The van der Waals surface area contributed by atoms with Crippen LogP contribution in [0.5, 0.6) is 0 Å². The van der Waals surface area contributed by atoms with Crippen LogP contribution in [-0.2, 0) is 11.3 Å². The van der Waals surface area contributed by atoms with E-state index in [9.17, 15) is 18.0 Å². The molecule has 0 aliphatic carbocycles. The number of alkyl halides is 3. The van der Waals surface area contributed by atoms with Gasteiger partial charge in [-0.3, -0.25) is 4.79 Å². The fourth-order valence-corrected chi connectivity index (χ4v) is 2.63. The van der Waals surface area contributed by atoms with Crippen LogP contribution >= 0.6 is 11.8 Å². The number of carboxylic acids is 1. The first kappa shape index (κ1) is 14.7. The summed E-state index contributed by atoms with van der Waals surface area (Å²) in [6.07, 6.45) is -4.39. The summed E-state index contributed by atoms with van der Waals surface area (Å²) in [5.74, 6) is -1.43. The predicted molar refractivity (Wildman–Crippen MR) is 68.9 cm³/mol. The van der Waals surface area contributed by atoms with Crippen molar-refractivity contribution in [2.24, 2.45) is 0 Å². The molecule has 0 radical (unpaired) electrons. The number of aromatic nitrogens is 2. The molecule has 0 aliphatic rings. The first-order valence-electron chi connectivity index (χ1n) is 5.65. The second-order valence-electron chi connectivity index (χ2n) is 4.22. The first-order valence-corrected chi connectivity index (χ1v) is 6.63. The molecule has 0 unspecified atom stereocenters. The molecule has 108 valence electrons. The number of imidazole rings is 1. The van der Waals surface area contributed by atoms with Crippen LogP contribution < -0.4 is 0 Å². The lowest BCUT2D eigenvalue weighted by Crippen LogP contribution is -2.18. The summed E-state index contributed by atoms with van der Waals surface area (Å²) < 4.78 is 39.1. The van der Waals surface area contributed by atoms with Gasteiger partial charge in [0.05, 0.1) is 16.8 Å². The molecule has 0 atom stereocenters. The van der Waals surface area contributed by atoms with Crippen molar-refractivity contribution in [1.29, 1.82) is 0 Å². The predicted octanol–water partition coefficient (Wildman–Crippen LogP) is 3.08. The fraction of sp³-hybridized carbons (Fsp3) is 0.333. The maximum Gasteiger partial charge on any atom is 0.406 e. The summed E-state index contributed by atoms with van der Waals surface area (Å²) in [5.41, 5.74) is 1.49. The highest BCUT2D eigenvalue weighted by Gasteiger charge is 2.30. The van der Waals surface area contributed by atoms with Gasteiger partial charge >= 0.3 is 12.1 Å². The number of nitrogens with zero attached hydrogens (tertiary/aromatic N) is 2. The maximum atomic E-state index is 12.7. The summed E-state index contributed by atoms with van der Waals surface area (Å²) in [7, 11) is 0. The molecule has 20 heavy (non-hydrogen) atoms. The Bertz CT molecular complexity index is 652. The lowest BCUT2D eigenvalue weighted by atomic mass is 10.2. The zero-order valence-corrected chi connectivity index (χ0v) is 11.3. The van der Waals surface area contributed by atoms with Crippen molar-refractivity contribution in [2.45, 2.75) is 24.8 Å². The lowest BCUT2D eigenvalue weighted by molar-refractivity contribution is -0.141. The molecule has 1 aromatic heterocycles. The van der Waals surface area contributed by atoms with Gasteiger partial charge in [0, 0.05) is 0 Å². The fourth-order valence-electron chi connectivity index (χ4n) is 1.91. The third-order valence-corrected chi connectivity index (χ3v) is 3.56. The Morgan fingerprint density at radius 1 is 1.45 bits per heavy atom. The van der Waals surface area contributed by atoms with Crippen LogP contribution in [0.2, 0.25) is 0 Å². The van der Waals surface area contributed by atoms with Crippen LogP contribution in [0, 0.1) is 6.92 Å². The van der Waals surface area contributed by atoms with E-state index in [1.165, 1.54) is 0 Å². The molecular weight excluding hydrogens is 293 g/mol. The van der Waals surface area contributed by atoms with E-state index >= 15 is 0 Å². The maximum absolute atomic E-state index is 12.7. The van der Waals surface area contributed by atoms with Gasteiger partial charge in [0.2, 0.25) is 0 Å². The minimum Gasteiger partial charge on any atom is -0.481 e. The number of carboxylic acid groups (broad SMARTS) is 1. The zero-order chi connectivity index (χ0) is 14.9. The Labute approximate surface area is 116 Å². The summed E-state index contributed by atoms with van der Waals surface area (Å²) in [6, 6.07) is 5.01. The second kappa shape index (κ2) is 5.35. The van der Waals surface area contributed by atoms with E-state index in [-0.39, 0.29) is 10.9 Å². The number of halogens is 3. The lowest BCUT2D eigenvalue weighted by Gasteiger charge is -2.12. The number of thioether (sulfide) groups is 1. The first-order chi connectivity index (χ1) is 9.28. The van der Waals surface area contributed by atoms with Gasteiger partial charge in [-0.2, -0.15) is 13.2 Å². The van der Waals surface area contributed by atoms with Crippen LogP contribution in [0.4, 0.5) is 13.2 Å². The van der Waals surface area contributed by atoms with E-state index in [4.69, 9.17) is 5.11 Å². The molecule has 0 saturated carbocycles. The van der Waals surface area contributed by atoms with Crippen LogP contribution in [0.25, 0.3) is 11.0 Å². The molecule has 8 heteroatoms. The molecular formula is C12H11F3N2O2S. The van der Waals surface area contributed by atoms with Crippen molar-refractivity contribution in [3.8, 4) is 0 Å². The number of benzene rings is 1. The van der Waals surface area contributed by atoms with Crippen LogP contribution in [0.15, 0.2) is 23.4 Å². The van der Waals surface area contributed by atoms with E-state index in [2.05, 4.69) is 4.98 Å². The third-order valence-electron chi connectivity index (χ3n) is 2.60. The quantitative estimate of drug-likeness (QED) is 0.882. The Balaban J connectivity index is 2.52. The van der Waals surface area contributed by atoms with Crippen molar-refractivity contribution >= 4 is 28.8 Å². The smallest absolute Gasteiger partial charge is 0.406 e. The van der Waals surface area contributed by atoms with E-state index in [1.54, 1.807) is 25.1 Å². The monoisotopic (exact) mass is 304 g/mol. The minimum absolute atomic E-state index is 0.0639. The number of para-hydroxylation sites is 1. The average molecular weight is 304 g/mol. The molecule has 1 aromatic carbocycles. The second-order valence-corrected chi connectivity index (χ2v) is 5.16. The van der Waals surface area contributed by atoms with E-state index in [0.29, 0.717) is 16.6 Å². The van der Waals surface area contributed by atoms with E-state index in [1.807, 2.05) is 0 Å². The van der Waals surface area contributed by atoms with Crippen molar-refractivity contribution in [1.82, 2.24) is 9.55 Å². The van der Waals surface area contributed by atoms with Crippen molar-refractivity contribution in [3.05, 3.63) is 23.8 Å². The van der Waals surface area contributed by atoms with Crippen molar-refractivity contribution < 1.29 is 23.1 Å². The highest BCUT2D eigenvalue weighted by atomic mass is 32.2. The van der Waals surface area contributed by atoms with Gasteiger partial charge in [-0.1, -0.05) is 23.9 Å². The third kappa shape index (κ3) is 3.24. The standard InChI is InChI=1S/C12H11F3N2O2S/c1-7-3-2-4-8-10(7)17(6-12(13,14)15)11(16-8)20-5-9(18)19/h2-4H,5-6H2,1H3,(H,18,19). The van der Waals surface area contributed by atoms with Gasteiger partial charge in [-0.15, -0.1) is 0 Å². The van der Waals surface area contributed by atoms with E-state index < -0.39 is 18.7 Å². The zero-order valence-electron chi connectivity index (χ0n) is 10.4. The molecule has 0 saturated heterocycles. The summed E-state index contributed by atoms with van der Waals surface area (Å²) >= 11 is 0.783. The molecule has 2 aromatic rings. The number of aryl methyl sites for hydroxylation is 1. The Morgan fingerprint density at radius 3 is 2.75 bits per heavy atom. The number of aliphatic carboxylic acids is 1. The van der Waals surface area contributed by atoms with Gasteiger partial charge in [0.15, 0.2) is 5.16 Å². The summed E-state index contributed by atoms with van der Waals surface area (Å²) in [5, 5.41) is 8.71. The normalized spacial score (nSPS) is 12.0. The topological polar surface area (TPSA) is 55.1 Å². The Morgan fingerprint density at radius 2 is 2.15 bits per heavy atom. The number of hydrogen-bond acceptors (Lipinski definition) is 3. The molecule has 1 heterocycles. The molecule has 0 fully saturated rings. The highest BCUT2D eigenvalue weighted by Crippen LogP contribution is 2.29. The molecule has 4 nitrogen and oxygen atoms in total. The van der Waals surface area contributed by atoms with Crippen LogP contribution in [0.3, 0.4) is 0 Å². The van der Waals surface area contributed by atoms with E-state index in [0.717, 1.165) is 16.3 Å². The van der Waals surface area contributed by atoms with Crippen LogP contribution in [-0.4, -0.2) is 32.6 Å². The van der Waals surface area contributed by atoms with Gasteiger partial charge in [-0.05, 0) is 18.6 Å². The number of fused-ring (bicyclic) bond motifs is 1. The molecule has 0 spiro atoms. The molecule has 1 N–H and O–H groups in total. The van der Waals surface area contributed by atoms with Crippen molar-refractivity contribution in [2.75, 3.05) is 5.75 Å². The van der Waals surface area contributed by atoms with Gasteiger partial charge in [-0.25, -0.2) is 4.98 Å². The summed E-state index contributed by atoms with van der Waals surface area (Å²) in [4.78, 5) is 14.7. The molecule has 0 aliphatic heterocycles. The SMILES string of the molecule is Cc1cccc2nc(SCC(=O)O)n(CC(F)(F)F)c12.